The van der Waals surface area contributed by atoms with Crippen LogP contribution in [-0.2, 0) is 36.3 Å². The van der Waals surface area contributed by atoms with Crippen LogP contribution in [0.4, 0.5) is 5.82 Å². The summed E-state index contributed by atoms with van der Waals surface area (Å²) >= 11 is 0. The van der Waals surface area contributed by atoms with E-state index in [4.69, 9.17) is 41.0 Å². The number of hydrogen-bond donors (Lipinski definition) is 8. The summed E-state index contributed by atoms with van der Waals surface area (Å²) in [5.74, 6) is -0.0778. The zero-order chi connectivity index (χ0) is 26.6. The Balaban J connectivity index is 2.28. The van der Waals surface area contributed by atoms with E-state index >= 15 is 0 Å². The van der Waals surface area contributed by atoms with Gasteiger partial charge in [-0.3, -0.25) is 9.09 Å². The molecule has 1 aliphatic heterocycles. The minimum absolute atomic E-state index is 0.0128. The number of aliphatic hydroxyl groups excluding tert-OH is 1. The third-order valence-electron chi connectivity index (χ3n) is 4.29. The molecule has 0 amide bonds. The molecule has 1 fully saturated rings. The van der Waals surface area contributed by atoms with Gasteiger partial charge in [0, 0.05) is 19.2 Å². The Hall–Kier alpha value is -1.11. The number of rotatable bonds is 13. The first-order valence-corrected chi connectivity index (χ1v) is 14.1. The van der Waals surface area contributed by atoms with Gasteiger partial charge in [-0.25, -0.2) is 18.5 Å². The number of hydrogen-bond acceptors (Lipinski definition) is 14. The van der Waals surface area contributed by atoms with Crippen LogP contribution in [0.3, 0.4) is 0 Å². The maximum Gasteiger partial charge on any atom is 0.490 e. The summed E-state index contributed by atoms with van der Waals surface area (Å²) in [5.41, 5.74) is 15.9. The van der Waals surface area contributed by atoms with Crippen LogP contribution in [-0.4, -0.2) is 78.3 Å². The van der Waals surface area contributed by atoms with Crippen LogP contribution in [0.5, 0.6) is 0 Å². The standard InChI is InChI=1S/C13H26N5O14P3/c14-2-4-28-6-7(15)11(30-34(24,25)32-35(26,27)31-33(21,22)23)12-8(19)5-10(29-12)18-3-1-9(16)17-13(18)20/h1,3,7-8,10-12,19H,2,4-6,14-15H2,(H,24,25)(H,26,27)(H2,16,17,20)(H2,21,22,23)/t7?,8-,10+,11?,12-/m0/s1. The molecule has 1 aromatic rings. The molecule has 1 aromatic heterocycles. The van der Waals surface area contributed by atoms with E-state index in [9.17, 15) is 33.4 Å². The van der Waals surface area contributed by atoms with Crippen molar-refractivity contribution in [3.8, 4) is 0 Å². The van der Waals surface area contributed by atoms with E-state index in [1.165, 1.54) is 12.3 Å². The molecule has 0 bridgehead atoms. The minimum Gasteiger partial charge on any atom is -0.390 e. The third-order valence-corrected chi connectivity index (χ3v) is 8.12. The summed E-state index contributed by atoms with van der Waals surface area (Å²) < 4.78 is 58.8. The zero-order valence-corrected chi connectivity index (χ0v) is 20.4. The van der Waals surface area contributed by atoms with Crippen LogP contribution in [0.25, 0.3) is 0 Å². The highest BCUT2D eigenvalue weighted by Crippen LogP contribution is 2.66. The van der Waals surface area contributed by atoms with Gasteiger partial charge in [0.15, 0.2) is 0 Å². The first-order chi connectivity index (χ1) is 16.0. The average Bonchev–Trinajstić information content (AvgIpc) is 3.04. The van der Waals surface area contributed by atoms with Crippen molar-refractivity contribution in [3.63, 3.8) is 0 Å². The summed E-state index contributed by atoms with van der Waals surface area (Å²) in [7, 11) is -17.1. The van der Waals surface area contributed by atoms with Crippen molar-refractivity contribution < 1.29 is 61.0 Å². The third kappa shape index (κ3) is 9.36. The highest BCUT2D eigenvalue weighted by molar-refractivity contribution is 7.66. The van der Waals surface area contributed by atoms with Gasteiger partial charge < -0.3 is 51.4 Å². The summed E-state index contributed by atoms with van der Waals surface area (Å²) in [4.78, 5) is 52.2. The lowest BCUT2D eigenvalue weighted by molar-refractivity contribution is -0.0933. The van der Waals surface area contributed by atoms with Gasteiger partial charge in [-0.15, -0.1) is 0 Å². The lowest BCUT2D eigenvalue weighted by Gasteiger charge is -2.31. The molecule has 0 aromatic carbocycles. The topological polar surface area (TPSA) is 311 Å². The van der Waals surface area contributed by atoms with E-state index in [0.717, 1.165) is 4.57 Å². The Morgan fingerprint density at radius 2 is 1.86 bits per heavy atom. The normalized spacial score (nSPS) is 26.1. The van der Waals surface area contributed by atoms with E-state index in [1.807, 2.05) is 0 Å². The van der Waals surface area contributed by atoms with Crippen LogP contribution >= 0.6 is 23.5 Å². The number of phosphoric acid groups is 3. The summed E-state index contributed by atoms with van der Waals surface area (Å²) in [6.07, 6.45) is -4.97. The van der Waals surface area contributed by atoms with Gasteiger partial charge in [0.05, 0.1) is 25.4 Å². The van der Waals surface area contributed by atoms with Crippen molar-refractivity contribution in [2.45, 2.75) is 37.0 Å². The van der Waals surface area contributed by atoms with Crippen molar-refractivity contribution in [1.29, 1.82) is 0 Å². The van der Waals surface area contributed by atoms with Gasteiger partial charge in [0.2, 0.25) is 0 Å². The molecule has 202 valence electrons. The second-order valence-electron chi connectivity index (χ2n) is 7.09. The highest BCUT2D eigenvalue weighted by Gasteiger charge is 2.48. The second-order valence-corrected chi connectivity index (χ2v) is 11.5. The SMILES string of the molecule is NCCOCC(N)C(OP(=O)(O)OP(=O)(O)OP(=O)(O)O)[C@H]1O[C@@H](n2ccc(N)nc2=O)C[C@@H]1O. The molecule has 7 atom stereocenters. The molecule has 4 unspecified atom stereocenters. The smallest absolute Gasteiger partial charge is 0.390 e. The predicted octanol–water partition coefficient (Wildman–Crippen LogP) is -2.51. The molecule has 0 aliphatic carbocycles. The van der Waals surface area contributed by atoms with Gasteiger partial charge in [0.25, 0.3) is 0 Å². The van der Waals surface area contributed by atoms with Gasteiger partial charge in [-0.1, -0.05) is 0 Å². The Labute approximate surface area is 197 Å². The monoisotopic (exact) mass is 569 g/mol. The summed E-state index contributed by atoms with van der Waals surface area (Å²) in [6.45, 7) is -0.276. The Bertz CT molecular complexity index is 1070. The fraction of sp³-hybridized carbons (Fsp3) is 0.692. The lowest BCUT2D eigenvalue weighted by Crippen LogP contribution is -2.50. The van der Waals surface area contributed by atoms with Gasteiger partial charge in [-0.05, 0) is 6.07 Å². The van der Waals surface area contributed by atoms with Gasteiger partial charge >= 0.3 is 29.2 Å². The van der Waals surface area contributed by atoms with Gasteiger partial charge in [0.1, 0.15) is 24.3 Å². The maximum atomic E-state index is 12.4. The summed E-state index contributed by atoms with van der Waals surface area (Å²) in [6, 6.07) is -0.0773. The van der Waals surface area contributed by atoms with Crippen molar-refractivity contribution in [1.82, 2.24) is 9.55 Å². The molecule has 0 spiro atoms. The van der Waals surface area contributed by atoms with E-state index in [2.05, 4.69) is 13.6 Å². The number of phosphoric ester groups is 1. The van der Waals surface area contributed by atoms with Gasteiger partial charge in [-0.2, -0.15) is 13.6 Å². The molecule has 11 N–H and O–H groups in total. The fourth-order valence-electron chi connectivity index (χ4n) is 3.02. The Morgan fingerprint density at radius 3 is 2.43 bits per heavy atom. The van der Waals surface area contributed by atoms with Crippen LogP contribution in [0.2, 0.25) is 0 Å². The van der Waals surface area contributed by atoms with Crippen LogP contribution in [0.15, 0.2) is 17.1 Å². The molecule has 2 rings (SSSR count). The molecule has 0 saturated carbocycles. The number of aliphatic hydroxyl groups is 1. The molecule has 1 saturated heterocycles. The van der Waals surface area contributed by atoms with E-state index < -0.39 is 59.7 Å². The molecule has 35 heavy (non-hydrogen) atoms. The number of ether oxygens (including phenoxy) is 2. The average molecular weight is 569 g/mol. The predicted molar refractivity (Wildman–Crippen MR) is 114 cm³/mol. The lowest BCUT2D eigenvalue weighted by atomic mass is 10.0. The number of nitrogens with two attached hydrogens (primary N) is 3. The van der Waals surface area contributed by atoms with Crippen molar-refractivity contribution in [3.05, 3.63) is 22.7 Å². The minimum atomic E-state index is -5.82. The Kier molecular flexibility index (Phi) is 10.3. The quantitative estimate of drug-likeness (QED) is 0.0898. The van der Waals surface area contributed by atoms with E-state index in [1.54, 1.807) is 0 Å². The van der Waals surface area contributed by atoms with Crippen molar-refractivity contribution >= 4 is 29.3 Å². The van der Waals surface area contributed by atoms with Crippen molar-refractivity contribution in [2.75, 3.05) is 25.5 Å². The molecule has 0 radical (unpaired) electrons. The molecular weight excluding hydrogens is 543 g/mol. The van der Waals surface area contributed by atoms with E-state index in [0.29, 0.717) is 0 Å². The number of nitrogens with zero attached hydrogens (tertiary/aromatic N) is 2. The second kappa shape index (κ2) is 12.0. The largest absolute Gasteiger partial charge is 0.490 e. The fourth-order valence-corrected chi connectivity index (χ4v) is 6.26. The number of aromatic nitrogens is 2. The molecule has 1 aliphatic rings. The van der Waals surface area contributed by atoms with Crippen LogP contribution in [0, 0.1) is 0 Å². The summed E-state index contributed by atoms with van der Waals surface area (Å²) in [5, 5.41) is 10.5. The highest BCUT2D eigenvalue weighted by atomic mass is 31.3. The molecule has 2 heterocycles. The molecule has 22 heteroatoms. The Morgan fingerprint density at radius 1 is 1.20 bits per heavy atom. The van der Waals surface area contributed by atoms with Crippen molar-refractivity contribution in [2.24, 2.45) is 11.5 Å². The van der Waals surface area contributed by atoms with Crippen LogP contribution < -0.4 is 22.9 Å². The first-order valence-electron chi connectivity index (χ1n) is 9.57. The molecule has 19 nitrogen and oxygen atoms in total. The molecular formula is C13H26N5O14P3. The zero-order valence-electron chi connectivity index (χ0n) is 17.7. The van der Waals surface area contributed by atoms with E-state index in [-0.39, 0.29) is 32.0 Å². The van der Waals surface area contributed by atoms with Crippen LogP contribution in [0.1, 0.15) is 12.6 Å². The maximum absolute atomic E-state index is 12.4. The number of anilines is 1. The first kappa shape index (κ1) is 30.1. The number of nitrogen functional groups attached to an aromatic ring is 1.